The number of carbonyl (C=O) groups is 2. The number of benzene rings is 2. The van der Waals surface area contributed by atoms with E-state index < -0.39 is 23.1 Å². The van der Waals surface area contributed by atoms with E-state index in [4.69, 9.17) is 0 Å². The number of hydrogen-bond donors (Lipinski definition) is 4. The van der Waals surface area contributed by atoms with Crippen molar-refractivity contribution in [2.24, 2.45) is 0 Å². The highest BCUT2D eigenvalue weighted by Gasteiger charge is 2.39. The third-order valence-electron chi connectivity index (χ3n) is 7.03. The monoisotopic (exact) mass is 506 g/mol. The Bertz CT molecular complexity index is 1600. The number of carbonyl (C=O) groups excluding carboxylic acids is 2. The predicted octanol–water partition coefficient (Wildman–Crippen LogP) is 7.06. The smallest absolute Gasteiger partial charge is 0.232 e. The van der Waals surface area contributed by atoms with Gasteiger partial charge >= 0.3 is 0 Å². The van der Waals surface area contributed by atoms with Gasteiger partial charge in [-0.15, -0.1) is 13.2 Å². The maximum absolute atomic E-state index is 13.8. The second-order valence-electron chi connectivity index (χ2n) is 10.1. The fourth-order valence-electron chi connectivity index (χ4n) is 5.16. The molecule has 1 aliphatic carbocycles. The molecule has 0 spiro atoms. The molecule has 0 aliphatic heterocycles. The summed E-state index contributed by atoms with van der Waals surface area (Å²) in [6.07, 6.45) is 2.37. The van der Waals surface area contributed by atoms with Gasteiger partial charge in [0.1, 0.15) is 0 Å². The number of Topliss-reactive ketones (excluding diaryl/α,β-unsaturated/α-hetero) is 2. The Morgan fingerprint density at radius 2 is 1.05 bits per heavy atom. The first-order valence-electron chi connectivity index (χ1n) is 12.6. The third kappa shape index (κ3) is 4.18. The van der Waals surface area contributed by atoms with E-state index in [9.17, 15) is 19.8 Å². The molecule has 38 heavy (non-hydrogen) atoms. The maximum atomic E-state index is 13.8. The van der Waals surface area contributed by atoms with Gasteiger partial charge in [0.25, 0.3) is 0 Å². The molecule has 1 aliphatic rings. The lowest BCUT2D eigenvalue weighted by molar-refractivity contribution is -0.116. The summed E-state index contributed by atoms with van der Waals surface area (Å²) in [7, 11) is 0. The van der Waals surface area contributed by atoms with E-state index in [0.29, 0.717) is 59.0 Å². The molecule has 6 nitrogen and oxygen atoms in total. The molecule has 0 atom stereocenters. The Morgan fingerprint density at radius 1 is 0.684 bits per heavy atom. The number of ketones is 2. The molecule has 0 bridgehead atoms. The zero-order valence-electron chi connectivity index (χ0n) is 21.6. The number of allylic oxidation sites excluding steroid dienone is 4. The fraction of sp³-hybridized carbons (Fsp3) is 0.188. The van der Waals surface area contributed by atoms with Crippen LogP contribution < -0.4 is 0 Å². The quantitative estimate of drug-likeness (QED) is 0.152. The van der Waals surface area contributed by atoms with Crippen LogP contribution in [0.2, 0.25) is 0 Å². The van der Waals surface area contributed by atoms with Gasteiger partial charge < -0.3 is 20.2 Å². The molecule has 5 rings (SSSR count). The second kappa shape index (κ2) is 9.71. The normalized spacial score (nSPS) is 14.3. The van der Waals surface area contributed by atoms with Crippen molar-refractivity contribution in [3.63, 3.8) is 0 Å². The topological polar surface area (TPSA) is 106 Å². The molecule has 2 heterocycles. The van der Waals surface area contributed by atoms with Crippen LogP contribution in [0.15, 0.2) is 84.4 Å². The van der Waals surface area contributed by atoms with Crippen molar-refractivity contribution in [2.75, 3.05) is 0 Å². The molecule has 6 heteroatoms. The van der Waals surface area contributed by atoms with E-state index in [2.05, 4.69) is 23.1 Å². The van der Waals surface area contributed by atoms with Gasteiger partial charge in [0.15, 0.2) is 11.5 Å². The third-order valence-corrected chi connectivity index (χ3v) is 7.03. The van der Waals surface area contributed by atoms with Gasteiger partial charge in [-0.2, -0.15) is 0 Å². The summed E-state index contributed by atoms with van der Waals surface area (Å²) in [4.78, 5) is 34.3. The molecule has 0 unspecified atom stereocenters. The molecule has 0 amide bonds. The molecular formula is C32H30N2O4. The minimum atomic E-state index is -0.783. The van der Waals surface area contributed by atoms with Crippen LogP contribution >= 0.6 is 0 Å². The molecule has 4 aromatic rings. The number of hydrogen-bond acceptors (Lipinski definition) is 4. The number of para-hydroxylation sites is 2. The first kappa shape index (κ1) is 25.1. The summed E-state index contributed by atoms with van der Waals surface area (Å²) in [5, 5.41) is 24.0. The van der Waals surface area contributed by atoms with E-state index in [1.807, 2.05) is 62.4 Å². The van der Waals surface area contributed by atoms with Crippen LogP contribution in [0.25, 0.3) is 33.0 Å². The van der Waals surface area contributed by atoms with Crippen LogP contribution in [0.3, 0.4) is 0 Å². The Balaban J connectivity index is 1.70. The SMILES string of the molecule is C=C(C)CCc1[nH]c2ccccc2c1C1=C(O)C(=O)C(c2c(CCC(=C)C)[nH]c3ccccc23)=C(O)C1=O. The van der Waals surface area contributed by atoms with Crippen molar-refractivity contribution in [1.82, 2.24) is 9.97 Å². The van der Waals surface area contributed by atoms with Gasteiger partial charge in [-0.05, 0) is 51.7 Å². The van der Waals surface area contributed by atoms with Crippen LogP contribution in [0.5, 0.6) is 0 Å². The van der Waals surface area contributed by atoms with Gasteiger partial charge in [-0.25, -0.2) is 0 Å². The average Bonchev–Trinajstić information content (AvgIpc) is 3.44. The highest BCUT2D eigenvalue weighted by molar-refractivity contribution is 6.48. The fourth-order valence-corrected chi connectivity index (χ4v) is 5.16. The summed E-state index contributed by atoms with van der Waals surface area (Å²) in [6, 6.07) is 14.8. The van der Waals surface area contributed by atoms with Crippen molar-refractivity contribution in [2.45, 2.75) is 39.5 Å². The summed E-state index contributed by atoms with van der Waals surface area (Å²) < 4.78 is 0. The van der Waals surface area contributed by atoms with E-state index in [0.717, 1.165) is 22.2 Å². The maximum Gasteiger partial charge on any atom is 0.232 e. The van der Waals surface area contributed by atoms with Gasteiger partial charge in [-0.1, -0.05) is 47.5 Å². The molecular weight excluding hydrogens is 476 g/mol. The lowest BCUT2D eigenvalue weighted by atomic mass is 9.83. The summed E-state index contributed by atoms with van der Waals surface area (Å²) in [5.41, 5.74) is 5.36. The lowest BCUT2D eigenvalue weighted by Crippen LogP contribution is -2.23. The largest absolute Gasteiger partial charge is 0.504 e. The van der Waals surface area contributed by atoms with Crippen LogP contribution in [-0.4, -0.2) is 31.7 Å². The number of rotatable bonds is 8. The minimum absolute atomic E-state index is 0.186. The highest BCUT2D eigenvalue weighted by Crippen LogP contribution is 2.41. The van der Waals surface area contributed by atoms with Crippen LogP contribution in [0, 0.1) is 0 Å². The van der Waals surface area contributed by atoms with Crippen molar-refractivity contribution < 1.29 is 19.8 Å². The number of aliphatic hydroxyl groups is 2. The standard InChI is InChI=1S/C32H30N2O4/c1-17(2)13-15-23-25(19-9-5-7-11-21(19)33-23)27-29(35)31(37)28(32(38)30(27)36)26-20-10-6-8-12-22(20)34-24(26)16-14-18(3)4/h5-12,33-35,38H,1,3,13-16H2,2,4H3. The molecule has 0 fully saturated rings. The number of aromatic nitrogens is 2. The Labute approximate surface area is 220 Å². The van der Waals surface area contributed by atoms with E-state index >= 15 is 0 Å². The molecule has 0 saturated heterocycles. The van der Waals surface area contributed by atoms with Crippen molar-refractivity contribution in [1.29, 1.82) is 0 Å². The minimum Gasteiger partial charge on any atom is -0.504 e. The molecule has 0 saturated carbocycles. The summed E-state index contributed by atoms with van der Waals surface area (Å²) >= 11 is 0. The van der Waals surface area contributed by atoms with Gasteiger partial charge in [-0.3, -0.25) is 9.59 Å². The van der Waals surface area contributed by atoms with Gasteiger partial charge in [0, 0.05) is 44.3 Å². The highest BCUT2D eigenvalue weighted by atomic mass is 16.3. The molecule has 192 valence electrons. The first-order chi connectivity index (χ1) is 18.2. The van der Waals surface area contributed by atoms with E-state index in [1.165, 1.54) is 0 Å². The Morgan fingerprint density at radius 3 is 1.42 bits per heavy atom. The van der Waals surface area contributed by atoms with E-state index in [1.54, 1.807) is 0 Å². The van der Waals surface area contributed by atoms with Crippen molar-refractivity contribution in [3.8, 4) is 0 Å². The zero-order valence-corrected chi connectivity index (χ0v) is 21.6. The van der Waals surface area contributed by atoms with Crippen LogP contribution in [0.1, 0.15) is 49.2 Å². The first-order valence-corrected chi connectivity index (χ1v) is 12.6. The number of H-pyrrole nitrogens is 2. The van der Waals surface area contributed by atoms with Crippen molar-refractivity contribution >= 4 is 44.5 Å². The van der Waals surface area contributed by atoms with Crippen LogP contribution in [-0.2, 0) is 22.4 Å². The predicted molar refractivity (Wildman–Crippen MR) is 152 cm³/mol. The number of aryl methyl sites for hydroxylation is 2. The Kier molecular flexibility index (Phi) is 6.41. The van der Waals surface area contributed by atoms with Crippen LogP contribution in [0.4, 0.5) is 0 Å². The number of aromatic amines is 2. The summed E-state index contributed by atoms with van der Waals surface area (Å²) in [6.45, 7) is 11.8. The Hall–Kier alpha value is -4.58. The molecule has 2 aromatic carbocycles. The molecule has 4 N–H and O–H groups in total. The average molecular weight is 507 g/mol. The zero-order chi connectivity index (χ0) is 27.1. The number of fused-ring (bicyclic) bond motifs is 2. The molecule has 0 radical (unpaired) electrons. The number of aliphatic hydroxyl groups excluding tert-OH is 2. The second-order valence-corrected chi connectivity index (χ2v) is 10.1. The van der Waals surface area contributed by atoms with Crippen molar-refractivity contribution in [3.05, 3.63) is 107 Å². The lowest BCUT2D eigenvalue weighted by Gasteiger charge is -2.20. The van der Waals surface area contributed by atoms with Gasteiger partial charge in [0.05, 0.1) is 11.1 Å². The summed E-state index contributed by atoms with van der Waals surface area (Å²) in [5.74, 6) is -2.90. The van der Waals surface area contributed by atoms with Gasteiger partial charge in [0.2, 0.25) is 11.6 Å². The molecule has 2 aromatic heterocycles. The number of nitrogens with one attached hydrogen (secondary N) is 2. The van der Waals surface area contributed by atoms with E-state index in [-0.39, 0.29) is 11.1 Å².